The fourth-order valence-electron chi connectivity index (χ4n) is 3.14. The molecule has 1 heterocycles. The summed E-state index contributed by atoms with van der Waals surface area (Å²) in [5.74, 6) is 1.61. The third kappa shape index (κ3) is 5.11. The standard InChI is InChI=1S/C15H28N2O2/c1-12-3-2-4-13(12)11-17-15(18)7-10-19-14-5-8-16-9-6-14/h12-14,16H,2-11H2,1H3,(H,17,18). The van der Waals surface area contributed by atoms with E-state index in [0.29, 0.717) is 25.0 Å². The van der Waals surface area contributed by atoms with Crippen molar-refractivity contribution in [1.82, 2.24) is 10.6 Å². The maximum absolute atomic E-state index is 11.7. The van der Waals surface area contributed by atoms with E-state index in [0.717, 1.165) is 38.4 Å². The summed E-state index contributed by atoms with van der Waals surface area (Å²) >= 11 is 0. The van der Waals surface area contributed by atoms with Crippen LogP contribution in [0, 0.1) is 11.8 Å². The second-order valence-corrected chi connectivity index (χ2v) is 6.04. The van der Waals surface area contributed by atoms with Gasteiger partial charge in [0.05, 0.1) is 12.7 Å². The lowest BCUT2D eigenvalue weighted by atomic mass is 9.98. The smallest absolute Gasteiger partial charge is 0.222 e. The molecule has 1 amide bonds. The molecule has 2 fully saturated rings. The van der Waals surface area contributed by atoms with Gasteiger partial charge in [-0.25, -0.2) is 0 Å². The first-order valence-electron chi connectivity index (χ1n) is 7.84. The van der Waals surface area contributed by atoms with E-state index in [2.05, 4.69) is 17.6 Å². The minimum atomic E-state index is 0.146. The van der Waals surface area contributed by atoms with E-state index in [4.69, 9.17) is 4.74 Å². The van der Waals surface area contributed by atoms with Gasteiger partial charge in [0.15, 0.2) is 0 Å². The predicted octanol–water partition coefficient (Wildman–Crippen LogP) is 1.70. The Bertz CT molecular complexity index is 277. The Kier molecular flexibility index (Phi) is 6.11. The van der Waals surface area contributed by atoms with Gasteiger partial charge in [-0.15, -0.1) is 0 Å². The van der Waals surface area contributed by atoms with Gasteiger partial charge in [0.2, 0.25) is 5.91 Å². The topological polar surface area (TPSA) is 50.4 Å². The van der Waals surface area contributed by atoms with Crippen molar-refractivity contribution in [2.24, 2.45) is 11.8 Å². The molecule has 1 aliphatic heterocycles. The van der Waals surface area contributed by atoms with Crippen LogP contribution < -0.4 is 10.6 Å². The minimum Gasteiger partial charge on any atom is -0.378 e. The third-order valence-electron chi connectivity index (χ3n) is 4.57. The summed E-state index contributed by atoms with van der Waals surface area (Å²) in [7, 11) is 0. The molecule has 0 radical (unpaired) electrons. The largest absolute Gasteiger partial charge is 0.378 e. The summed E-state index contributed by atoms with van der Waals surface area (Å²) in [5.41, 5.74) is 0. The third-order valence-corrected chi connectivity index (χ3v) is 4.57. The predicted molar refractivity (Wildman–Crippen MR) is 76.0 cm³/mol. The van der Waals surface area contributed by atoms with Crippen molar-refractivity contribution in [2.75, 3.05) is 26.2 Å². The average molecular weight is 268 g/mol. The molecular formula is C15H28N2O2. The van der Waals surface area contributed by atoms with Crippen molar-refractivity contribution in [3.05, 3.63) is 0 Å². The molecule has 0 aromatic rings. The molecule has 0 aromatic heterocycles. The fourth-order valence-corrected chi connectivity index (χ4v) is 3.14. The Morgan fingerprint density at radius 1 is 1.26 bits per heavy atom. The van der Waals surface area contributed by atoms with E-state index >= 15 is 0 Å². The second-order valence-electron chi connectivity index (χ2n) is 6.04. The van der Waals surface area contributed by atoms with Crippen LogP contribution >= 0.6 is 0 Å². The van der Waals surface area contributed by atoms with Gasteiger partial charge < -0.3 is 15.4 Å². The lowest BCUT2D eigenvalue weighted by Crippen LogP contribution is -2.34. The van der Waals surface area contributed by atoms with Crippen LogP contribution in [0.2, 0.25) is 0 Å². The summed E-state index contributed by atoms with van der Waals surface area (Å²) < 4.78 is 5.75. The molecule has 1 aliphatic carbocycles. The first-order valence-corrected chi connectivity index (χ1v) is 7.84. The molecule has 4 nitrogen and oxygen atoms in total. The van der Waals surface area contributed by atoms with Crippen molar-refractivity contribution in [3.8, 4) is 0 Å². The maximum atomic E-state index is 11.7. The van der Waals surface area contributed by atoms with Crippen molar-refractivity contribution >= 4 is 5.91 Å². The number of nitrogens with one attached hydrogen (secondary N) is 2. The highest BCUT2D eigenvalue weighted by Gasteiger charge is 2.23. The molecule has 2 atom stereocenters. The summed E-state index contributed by atoms with van der Waals surface area (Å²) in [6.07, 6.45) is 6.91. The van der Waals surface area contributed by atoms with Gasteiger partial charge in [-0.3, -0.25) is 4.79 Å². The molecule has 0 bridgehead atoms. The summed E-state index contributed by atoms with van der Waals surface area (Å²) in [4.78, 5) is 11.7. The number of piperidine rings is 1. The number of rotatable bonds is 6. The molecule has 2 N–H and O–H groups in total. The van der Waals surface area contributed by atoms with Gasteiger partial charge >= 0.3 is 0 Å². The molecule has 2 unspecified atom stereocenters. The molecule has 2 aliphatic rings. The Balaban J connectivity index is 1.51. The highest BCUT2D eigenvalue weighted by molar-refractivity contribution is 5.75. The molecular weight excluding hydrogens is 240 g/mol. The van der Waals surface area contributed by atoms with Crippen LogP contribution in [0.15, 0.2) is 0 Å². The van der Waals surface area contributed by atoms with Crippen molar-refractivity contribution in [2.45, 2.75) is 51.6 Å². The molecule has 2 rings (SSSR count). The summed E-state index contributed by atoms with van der Waals surface area (Å²) in [5, 5.41) is 6.37. The molecule has 0 spiro atoms. The number of carbonyl (C=O) groups is 1. The van der Waals surface area contributed by atoms with Gasteiger partial charge in [-0.05, 0) is 44.2 Å². The quantitative estimate of drug-likeness (QED) is 0.771. The summed E-state index contributed by atoms with van der Waals surface area (Å²) in [6.45, 7) is 5.79. The number of ether oxygens (including phenoxy) is 1. The first-order chi connectivity index (χ1) is 9.25. The second kappa shape index (κ2) is 7.85. The number of amides is 1. The maximum Gasteiger partial charge on any atom is 0.222 e. The van der Waals surface area contributed by atoms with Crippen molar-refractivity contribution in [3.63, 3.8) is 0 Å². The van der Waals surface area contributed by atoms with E-state index in [9.17, 15) is 4.79 Å². The zero-order valence-electron chi connectivity index (χ0n) is 12.1. The van der Waals surface area contributed by atoms with Gasteiger partial charge in [0.1, 0.15) is 0 Å². The Labute approximate surface area is 116 Å². The number of hydrogen-bond acceptors (Lipinski definition) is 3. The Morgan fingerprint density at radius 2 is 2.05 bits per heavy atom. The Morgan fingerprint density at radius 3 is 2.74 bits per heavy atom. The highest BCUT2D eigenvalue weighted by Crippen LogP contribution is 2.30. The SMILES string of the molecule is CC1CCCC1CNC(=O)CCOC1CCNCC1. The van der Waals surface area contributed by atoms with E-state index in [1.807, 2.05) is 0 Å². The van der Waals surface area contributed by atoms with Crippen LogP contribution in [0.5, 0.6) is 0 Å². The highest BCUT2D eigenvalue weighted by atomic mass is 16.5. The van der Waals surface area contributed by atoms with Crippen molar-refractivity contribution < 1.29 is 9.53 Å². The van der Waals surface area contributed by atoms with Crippen LogP contribution in [-0.2, 0) is 9.53 Å². The van der Waals surface area contributed by atoms with Crippen LogP contribution in [0.3, 0.4) is 0 Å². The summed E-state index contributed by atoms with van der Waals surface area (Å²) in [6, 6.07) is 0. The van der Waals surface area contributed by atoms with Gasteiger partial charge in [0, 0.05) is 13.0 Å². The molecule has 0 aromatic carbocycles. The molecule has 4 heteroatoms. The lowest BCUT2D eigenvalue weighted by Gasteiger charge is -2.23. The van der Waals surface area contributed by atoms with E-state index in [1.165, 1.54) is 19.3 Å². The minimum absolute atomic E-state index is 0.146. The van der Waals surface area contributed by atoms with E-state index < -0.39 is 0 Å². The Hall–Kier alpha value is -0.610. The van der Waals surface area contributed by atoms with Gasteiger partial charge in [-0.2, -0.15) is 0 Å². The van der Waals surface area contributed by atoms with Gasteiger partial charge in [0.25, 0.3) is 0 Å². The number of hydrogen-bond donors (Lipinski definition) is 2. The van der Waals surface area contributed by atoms with Crippen LogP contribution in [0.1, 0.15) is 45.4 Å². The first kappa shape index (κ1) is 14.8. The van der Waals surface area contributed by atoms with Crippen LogP contribution in [-0.4, -0.2) is 38.3 Å². The van der Waals surface area contributed by atoms with Crippen LogP contribution in [0.25, 0.3) is 0 Å². The number of carbonyl (C=O) groups excluding carboxylic acids is 1. The molecule has 1 saturated heterocycles. The average Bonchev–Trinajstić information content (AvgIpc) is 2.83. The zero-order valence-corrected chi connectivity index (χ0v) is 12.1. The van der Waals surface area contributed by atoms with E-state index in [-0.39, 0.29) is 5.91 Å². The van der Waals surface area contributed by atoms with Gasteiger partial charge in [-0.1, -0.05) is 19.8 Å². The molecule has 1 saturated carbocycles. The normalized spacial score (nSPS) is 28.5. The molecule has 19 heavy (non-hydrogen) atoms. The van der Waals surface area contributed by atoms with E-state index in [1.54, 1.807) is 0 Å². The fraction of sp³-hybridized carbons (Fsp3) is 0.933. The van der Waals surface area contributed by atoms with Crippen molar-refractivity contribution in [1.29, 1.82) is 0 Å². The zero-order chi connectivity index (χ0) is 13.5. The molecule has 110 valence electrons. The lowest BCUT2D eigenvalue weighted by molar-refractivity contribution is -0.123. The van der Waals surface area contributed by atoms with Crippen LogP contribution in [0.4, 0.5) is 0 Å². The monoisotopic (exact) mass is 268 g/mol.